The van der Waals surface area contributed by atoms with Crippen LogP contribution in [0.15, 0.2) is 48.2 Å². The van der Waals surface area contributed by atoms with Crippen molar-refractivity contribution in [3.05, 3.63) is 59.3 Å². The molecule has 0 aliphatic heterocycles. The van der Waals surface area contributed by atoms with Crippen LogP contribution in [-0.4, -0.2) is 31.7 Å². The summed E-state index contributed by atoms with van der Waals surface area (Å²) in [6.07, 6.45) is 3.04. The summed E-state index contributed by atoms with van der Waals surface area (Å²) in [4.78, 5) is 32.1. The quantitative estimate of drug-likeness (QED) is 0.625. The van der Waals surface area contributed by atoms with Crippen LogP contribution >= 0.6 is 0 Å². The topological polar surface area (TPSA) is 100 Å². The van der Waals surface area contributed by atoms with E-state index in [9.17, 15) is 19.8 Å². The Morgan fingerprint density at radius 1 is 0.731 bits per heavy atom. The van der Waals surface area contributed by atoms with Crippen LogP contribution in [0.5, 0.6) is 0 Å². The highest BCUT2D eigenvalue weighted by Gasteiger charge is 2.15. The fourth-order valence-electron chi connectivity index (χ4n) is 2.79. The van der Waals surface area contributed by atoms with Crippen molar-refractivity contribution in [1.82, 2.24) is 9.97 Å². The molecule has 0 bridgehead atoms. The van der Waals surface area contributed by atoms with Gasteiger partial charge in [-0.1, -0.05) is 0 Å². The number of nitrogens with zero attached hydrogens (tertiary/aromatic N) is 2. The Kier molecular flexibility index (Phi) is 5.67. The molecule has 0 aliphatic carbocycles. The van der Waals surface area contributed by atoms with Gasteiger partial charge in [0, 0.05) is 12.4 Å². The van der Waals surface area contributed by atoms with Crippen LogP contribution in [0.2, 0.25) is 0 Å². The van der Waals surface area contributed by atoms with E-state index in [0.29, 0.717) is 22.5 Å². The normalized spacial score (nSPS) is 12.9. The highest BCUT2D eigenvalue weighted by Crippen LogP contribution is 2.26. The molecule has 2 aromatic rings. The molecular weight excluding hydrogens is 332 g/mol. The zero-order chi connectivity index (χ0) is 19.4. The summed E-state index contributed by atoms with van der Waals surface area (Å²) in [5.74, 6) is -0.675. The van der Waals surface area contributed by atoms with E-state index in [1.54, 1.807) is 24.3 Å². The van der Waals surface area contributed by atoms with Gasteiger partial charge in [0.15, 0.2) is 11.6 Å². The molecule has 0 aliphatic rings. The standard InChI is InChI=1S/C20H20N2O4/c1-11(23)19(12(2)24)15-5-7-21-17(9-15)18-10-16(6-8-22-18)20(13(3)25)14(4)26/h5-10,23,25H,1-4H3/b19-11-,20-13-. The third-order valence-electron chi connectivity index (χ3n) is 3.79. The first-order valence-corrected chi connectivity index (χ1v) is 7.97. The summed E-state index contributed by atoms with van der Waals surface area (Å²) in [7, 11) is 0. The number of aliphatic hydroxyl groups excluding tert-OH is 2. The lowest BCUT2D eigenvalue weighted by atomic mass is 9.99. The van der Waals surface area contributed by atoms with Crippen molar-refractivity contribution in [2.45, 2.75) is 27.7 Å². The zero-order valence-corrected chi connectivity index (χ0v) is 15.1. The third kappa shape index (κ3) is 4.03. The Morgan fingerprint density at radius 2 is 1.08 bits per heavy atom. The third-order valence-corrected chi connectivity index (χ3v) is 3.79. The maximum atomic E-state index is 11.8. The van der Waals surface area contributed by atoms with Crippen LogP contribution in [-0.2, 0) is 9.59 Å². The van der Waals surface area contributed by atoms with Crippen LogP contribution in [0, 0.1) is 0 Å². The lowest BCUT2D eigenvalue weighted by molar-refractivity contribution is -0.112. The van der Waals surface area contributed by atoms with Crippen molar-refractivity contribution in [3.8, 4) is 11.4 Å². The summed E-state index contributed by atoms with van der Waals surface area (Å²) in [6, 6.07) is 6.54. The Balaban J connectivity index is 2.58. The number of pyridine rings is 2. The fourth-order valence-corrected chi connectivity index (χ4v) is 2.79. The molecule has 0 aromatic carbocycles. The molecule has 134 valence electrons. The van der Waals surface area contributed by atoms with Gasteiger partial charge in [0.1, 0.15) is 11.5 Å². The van der Waals surface area contributed by atoms with Crippen LogP contribution < -0.4 is 0 Å². The number of rotatable bonds is 5. The maximum absolute atomic E-state index is 11.8. The molecule has 2 rings (SSSR count). The Hall–Kier alpha value is -3.28. The number of hydrogen-bond acceptors (Lipinski definition) is 6. The lowest BCUT2D eigenvalue weighted by Crippen LogP contribution is -2.02. The molecule has 2 N–H and O–H groups in total. The summed E-state index contributed by atoms with van der Waals surface area (Å²) < 4.78 is 0. The Morgan fingerprint density at radius 3 is 1.35 bits per heavy atom. The zero-order valence-electron chi connectivity index (χ0n) is 15.1. The van der Waals surface area contributed by atoms with E-state index >= 15 is 0 Å². The maximum Gasteiger partial charge on any atom is 0.163 e. The molecule has 26 heavy (non-hydrogen) atoms. The predicted molar refractivity (Wildman–Crippen MR) is 99.3 cm³/mol. The lowest BCUT2D eigenvalue weighted by Gasteiger charge is -2.09. The smallest absolute Gasteiger partial charge is 0.163 e. The van der Waals surface area contributed by atoms with Gasteiger partial charge in [-0.15, -0.1) is 0 Å². The molecule has 0 saturated heterocycles. The molecule has 6 heteroatoms. The van der Waals surface area contributed by atoms with Crippen molar-refractivity contribution >= 4 is 22.7 Å². The molecule has 0 atom stereocenters. The molecule has 2 heterocycles. The van der Waals surface area contributed by atoms with E-state index in [-0.39, 0.29) is 34.2 Å². The van der Waals surface area contributed by atoms with Gasteiger partial charge in [-0.3, -0.25) is 19.6 Å². The highest BCUT2D eigenvalue weighted by atomic mass is 16.3. The number of carbonyl (C=O) groups excluding carboxylic acids is 2. The van der Waals surface area contributed by atoms with Gasteiger partial charge in [0.2, 0.25) is 0 Å². The summed E-state index contributed by atoms with van der Waals surface area (Å²) in [5, 5.41) is 19.6. The molecule has 0 spiro atoms. The van der Waals surface area contributed by atoms with Crippen LogP contribution in [0.3, 0.4) is 0 Å². The largest absolute Gasteiger partial charge is 0.512 e. The minimum Gasteiger partial charge on any atom is -0.512 e. The molecule has 0 amide bonds. The van der Waals surface area contributed by atoms with E-state index in [0.717, 1.165) is 0 Å². The van der Waals surface area contributed by atoms with Crippen molar-refractivity contribution in [1.29, 1.82) is 0 Å². The molecule has 6 nitrogen and oxygen atoms in total. The SMILES string of the molecule is CC(=O)/C(=C(\C)O)c1ccnc(-c2cc(/C(C(C)=O)=C(/C)O)ccn2)c1. The minimum absolute atomic E-state index is 0.0749. The number of carbonyl (C=O) groups is 2. The van der Waals surface area contributed by atoms with Gasteiger partial charge < -0.3 is 10.2 Å². The molecule has 0 radical (unpaired) electrons. The number of aliphatic hydroxyl groups is 2. The first-order valence-electron chi connectivity index (χ1n) is 7.97. The average molecular weight is 352 g/mol. The van der Waals surface area contributed by atoms with Crippen molar-refractivity contribution in [2.24, 2.45) is 0 Å². The van der Waals surface area contributed by atoms with Gasteiger partial charge in [0.25, 0.3) is 0 Å². The van der Waals surface area contributed by atoms with Crippen molar-refractivity contribution < 1.29 is 19.8 Å². The molecule has 0 saturated carbocycles. The van der Waals surface area contributed by atoms with E-state index < -0.39 is 0 Å². The van der Waals surface area contributed by atoms with Crippen LogP contribution in [0.25, 0.3) is 22.5 Å². The van der Waals surface area contributed by atoms with Crippen molar-refractivity contribution in [3.63, 3.8) is 0 Å². The molecule has 2 aromatic heterocycles. The predicted octanol–water partition coefficient (Wildman–Crippen LogP) is 3.90. The minimum atomic E-state index is -0.262. The summed E-state index contributed by atoms with van der Waals surface area (Å²) in [5.41, 5.74) is 2.41. The van der Waals surface area contributed by atoms with E-state index in [1.807, 2.05) is 0 Å². The summed E-state index contributed by atoms with van der Waals surface area (Å²) in [6.45, 7) is 5.65. The fraction of sp³-hybridized carbons (Fsp3) is 0.200. The second-order valence-corrected chi connectivity index (χ2v) is 5.89. The molecular formula is C20H20N2O4. The first kappa shape index (κ1) is 19.1. The average Bonchev–Trinajstić information content (AvgIpc) is 2.54. The van der Waals surface area contributed by atoms with E-state index in [4.69, 9.17) is 0 Å². The Bertz CT molecular complexity index is 857. The number of allylic oxidation sites excluding steroid dienone is 4. The van der Waals surface area contributed by atoms with Crippen LogP contribution in [0.4, 0.5) is 0 Å². The molecule has 0 fully saturated rings. The number of hydrogen-bond donors (Lipinski definition) is 2. The van der Waals surface area contributed by atoms with Gasteiger partial charge in [-0.2, -0.15) is 0 Å². The summed E-state index contributed by atoms with van der Waals surface area (Å²) >= 11 is 0. The number of aromatic nitrogens is 2. The van der Waals surface area contributed by atoms with E-state index in [2.05, 4.69) is 9.97 Å². The van der Waals surface area contributed by atoms with E-state index in [1.165, 1.54) is 40.1 Å². The van der Waals surface area contributed by atoms with Gasteiger partial charge >= 0.3 is 0 Å². The van der Waals surface area contributed by atoms with Gasteiger partial charge in [-0.25, -0.2) is 0 Å². The van der Waals surface area contributed by atoms with Crippen LogP contribution in [0.1, 0.15) is 38.8 Å². The Labute approximate surface area is 151 Å². The van der Waals surface area contributed by atoms with Crippen molar-refractivity contribution in [2.75, 3.05) is 0 Å². The van der Waals surface area contributed by atoms with Gasteiger partial charge in [0.05, 0.1) is 22.5 Å². The molecule has 0 unspecified atom stereocenters. The second kappa shape index (κ2) is 7.74. The number of Topliss-reactive ketones (excluding diaryl/α,β-unsaturated/α-hetero) is 2. The first-order chi connectivity index (χ1) is 12.2. The second-order valence-electron chi connectivity index (χ2n) is 5.89. The monoisotopic (exact) mass is 352 g/mol. The number of ketones is 2. The highest BCUT2D eigenvalue weighted by molar-refractivity contribution is 6.20. The van der Waals surface area contributed by atoms with Gasteiger partial charge in [-0.05, 0) is 63.1 Å².